The molecule has 6 heteroatoms. The van der Waals surface area contributed by atoms with E-state index in [2.05, 4.69) is 29.4 Å². The summed E-state index contributed by atoms with van der Waals surface area (Å²) in [5, 5.41) is 3.35. The van der Waals surface area contributed by atoms with Crippen LogP contribution in [0, 0.1) is 0 Å². The standard InChI is InChI=1S/C22H23N3O3/c1-14(15-7-5-4-6-8-15)23-21-13-18-17-12-20(28-3)19(27-2)11-16(17)9-10-25(18)22(26)24-21/h4-8,11-14H,9-10H2,1-3H3,(H,23,24,26)/t14-/m1/s1. The van der Waals surface area contributed by atoms with Gasteiger partial charge in [-0.1, -0.05) is 30.3 Å². The van der Waals surface area contributed by atoms with Gasteiger partial charge in [-0.05, 0) is 36.6 Å². The van der Waals surface area contributed by atoms with Crippen LogP contribution < -0.4 is 20.5 Å². The first kappa shape index (κ1) is 18.1. The van der Waals surface area contributed by atoms with E-state index >= 15 is 0 Å². The van der Waals surface area contributed by atoms with E-state index in [0.29, 0.717) is 23.9 Å². The highest BCUT2D eigenvalue weighted by Crippen LogP contribution is 2.38. The molecule has 0 fully saturated rings. The van der Waals surface area contributed by atoms with Gasteiger partial charge in [-0.3, -0.25) is 4.57 Å². The number of fused-ring (bicyclic) bond motifs is 3. The highest BCUT2D eigenvalue weighted by atomic mass is 16.5. The Morgan fingerprint density at radius 3 is 2.50 bits per heavy atom. The minimum Gasteiger partial charge on any atom is -0.493 e. The first-order valence-electron chi connectivity index (χ1n) is 9.29. The van der Waals surface area contributed by atoms with Crippen molar-refractivity contribution in [1.82, 2.24) is 9.55 Å². The third kappa shape index (κ3) is 3.22. The van der Waals surface area contributed by atoms with E-state index < -0.39 is 0 Å². The SMILES string of the molecule is COc1cc2c(cc1OC)-c1cc(N[C@H](C)c3ccccc3)nc(=O)n1CC2. The lowest BCUT2D eigenvalue weighted by Crippen LogP contribution is -2.29. The Hall–Kier alpha value is -3.28. The molecule has 2 aromatic carbocycles. The largest absolute Gasteiger partial charge is 0.493 e. The van der Waals surface area contributed by atoms with E-state index in [-0.39, 0.29) is 11.7 Å². The first-order chi connectivity index (χ1) is 13.6. The maximum absolute atomic E-state index is 12.6. The summed E-state index contributed by atoms with van der Waals surface area (Å²) in [5.74, 6) is 1.91. The van der Waals surface area contributed by atoms with Crippen LogP contribution in [-0.2, 0) is 13.0 Å². The number of nitrogens with zero attached hydrogens (tertiary/aromatic N) is 2. The summed E-state index contributed by atoms with van der Waals surface area (Å²) in [5.41, 5.74) is 3.82. The second-order valence-corrected chi connectivity index (χ2v) is 6.85. The third-order valence-corrected chi connectivity index (χ3v) is 5.17. The fourth-order valence-corrected chi connectivity index (χ4v) is 3.66. The smallest absolute Gasteiger partial charge is 0.349 e. The number of aromatic nitrogens is 2. The zero-order valence-electron chi connectivity index (χ0n) is 16.2. The lowest BCUT2D eigenvalue weighted by Gasteiger charge is -2.24. The molecule has 1 aromatic heterocycles. The fourth-order valence-electron chi connectivity index (χ4n) is 3.66. The maximum Gasteiger partial charge on any atom is 0.349 e. The van der Waals surface area contributed by atoms with Crippen molar-refractivity contribution in [3.63, 3.8) is 0 Å². The monoisotopic (exact) mass is 377 g/mol. The Morgan fingerprint density at radius 2 is 1.79 bits per heavy atom. The highest BCUT2D eigenvalue weighted by molar-refractivity contribution is 5.72. The Balaban J connectivity index is 1.76. The van der Waals surface area contributed by atoms with Crippen LogP contribution in [0.3, 0.4) is 0 Å². The molecule has 1 aliphatic rings. The van der Waals surface area contributed by atoms with Crippen LogP contribution in [-0.4, -0.2) is 23.8 Å². The van der Waals surface area contributed by atoms with E-state index in [1.54, 1.807) is 18.8 Å². The summed E-state index contributed by atoms with van der Waals surface area (Å²) >= 11 is 0. The van der Waals surface area contributed by atoms with Crippen molar-refractivity contribution in [2.45, 2.75) is 25.9 Å². The van der Waals surface area contributed by atoms with Gasteiger partial charge in [-0.25, -0.2) is 4.79 Å². The van der Waals surface area contributed by atoms with Gasteiger partial charge in [0.15, 0.2) is 11.5 Å². The molecule has 0 bridgehead atoms. The minimum absolute atomic E-state index is 0.0321. The van der Waals surface area contributed by atoms with Gasteiger partial charge in [0.05, 0.1) is 19.9 Å². The molecule has 0 amide bonds. The summed E-state index contributed by atoms with van der Waals surface area (Å²) < 4.78 is 12.6. The number of nitrogens with one attached hydrogen (secondary N) is 1. The molecule has 1 aliphatic heterocycles. The summed E-state index contributed by atoms with van der Waals surface area (Å²) in [6, 6.07) is 16.0. The van der Waals surface area contributed by atoms with Gasteiger partial charge in [0.2, 0.25) is 0 Å². The molecule has 0 radical (unpaired) electrons. The number of methoxy groups -OCH3 is 2. The van der Waals surface area contributed by atoms with Crippen LogP contribution in [0.15, 0.2) is 53.3 Å². The zero-order chi connectivity index (χ0) is 19.7. The average Bonchev–Trinajstić information content (AvgIpc) is 2.73. The number of ether oxygens (including phenoxy) is 2. The topological polar surface area (TPSA) is 65.4 Å². The number of hydrogen-bond acceptors (Lipinski definition) is 5. The number of hydrogen-bond donors (Lipinski definition) is 1. The molecule has 28 heavy (non-hydrogen) atoms. The number of benzene rings is 2. The Morgan fingerprint density at radius 1 is 1.07 bits per heavy atom. The Kier molecular flexibility index (Phi) is 4.77. The predicted octanol–water partition coefficient (Wildman–Crippen LogP) is 3.66. The zero-order valence-corrected chi connectivity index (χ0v) is 16.2. The van der Waals surface area contributed by atoms with Gasteiger partial charge in [0.25, 0.3) is 0 Å². The second-order valence-electron chi connectivity index (χ2n) is 6.85. The average molecular weight is 377 g/mol. The number of rotatable bonds is 5. The predicted molar refractivity (Wildman–Crippen MR) is 109 cm³/mol. The highest BCUT2D eigenvalue weighted by Gasteiger charge is 2.22. The fraction of sp³-hybridized carbons (Fsp3) is 0.273. The molecule has 0 saturated carbocycles. The van der Waals surface area contributed by atoms with Crippen LogP contribution in [0.25, 0.3) is 11.3 Å². The van der Waals surface area contributed by atoms with Crippen LogP contribution in [0.4, 0.5) is 5.82 Å². The molecule has 4 rings (SSSR count). The number of anilines is 1. The van der Waals surface area contributed by atoms with Gasteiger partial charge in [0.1, 0.15) is 5.82 Å². The molecule has 144 valence electrons. The molecule has 0 unspecified atom stereocenters. The number of aryl methyl sites for hydroxylation is 1. The molecule has 0 saturated heterocycles. The molecule has 0 aliphatic carbocycles. The molecule has 6 nitrogen and oxygen atoms in total. The lowest BCUT2D eigenvalue weighted by molar-refractivity contribution is 0.354. The Labute approximate surface area is 163 Å². The quantitative estimate of drug-likeness (QED) is 0.735. The molecule has 1 atom stereocenters. The summed E-state index contributed by atoms with van der Waals surface area (Å²) in [6.07, 6.45) is 0.747. The van der Waals surface area contributed by atoms with Crippen LogP contribution >= 0.6 is 0 Å². The van der Waals surface area contributed by atoms with Crippen molar-refractivity contribution < 1.29 is 9.47 Å². The van der Waals surface area contributed by atoms with Crippen molar-refractivity contribution in [1.29, 1.82) is 0 Å². The van der Waals surface area contributed by atoms with Gasteiger partial charge >= 0.3 is 5.69 Å². The molecule has 3 aromatic rings. The lowest BCUT2D eigenvalue weighted by atomic mass is 9.96. The molecule has 1 N–H and O–H groups in total. The summed E-state index contributed by atoms with van der Waals surface area (Å²) in [6.45, 7) is 2.65. The van der Waals surface area contributed by atoms with Gasteiger partial charge in [-0.15, -0.1) is 0 Å². The first-order valence-corrected chi connectivity index (χ1v) is 9.29. The summed E-state index contributed by atoms with van der Waals surface area (Å²) in [4.78, 5) is 16.9. The van der Waals surface area contributed by atoms with Gasteiger partial charge in [0, 0.05) is 24.2 Å². The van der Waals surface area contributed by atoms with Crippen molar-refractivity contribution in [3.8, 4) is 22.8 Å². The van der Waals surface area contributed by atoms with E-state index in [0.717, 1.165) is 28.8 Å². The minimum atomic E-state index is -0.249. The molecular formula is C22H23N3O3. The van der Waals surface area contributed by atoms with E-state index in [1.165, 1.54) is 0 Å². The summed E-state index contributed by atoms with van der Waals surface area (Å²) in [7, 11) is 3.24. The van der Waals surface area contributed by atoms with Gasteiger partial charge in [-0.2, -0.15) is 4.98 Å². The normalized spacial score (nSPS) is 13.2. The van der Waals surface area contributed by atoms with E-state index in [1.807, 2.05) is 36.4 Å². The maximum atomic E-state index is 12.6. The van der Waals surface area contributed by atoms with E-state index in [4.69, 9.17) is 9.47 Å². The van der Waals surface area contributed by atoms with E-state index in [9.17, 15) is 4.79 Å². The van der Waals surface area contributed by atoms with Crippen LogP contribution in [0.1, 0.15) is 24.1 Å². The molecule has 2 heterocycles. The second kappa shape index (κ2) is 7.38. The van der Waals surface area contributed by atoms with Crippen LogP contribution in [0.5, 0.6) is 11.5 Å². The van der Waals surface area contributed by atoms with Gasteiger partial charge < -0.3 is 14.8 Å². The Bertz CT molecular complexity index is 1060. The van der Waals surface area contributed by atoms with Crippen LogP contribution in [0.2, 0.25) is 0 Å². The van der Waals surface area contributed by atoms with Crippen molar-refractivity contribution in [2.24, 2.45) is 0 Å². The van der Waals surface area contributed by atoms with Crippen molar-refractivity contribution in [3.05, 3.63) is 70.1 Å². The molecule has 0 spiro atoms. The third-order valence-electron chi connectivity index (χ3n) is 5.17. The van der Waals surface area contributed by atoms with Crippen molar-refractivity contribution in [2.75, 3.05) is 19.5 Å². The van der Waals surface area contributed by atoms with Crippen molar-refractivity contribution >= 4 is 5.82 Å². The molecular weight excluding hydrogens is 354 g/mol.